The zero-order chi connectivity index (χ0) is 19.9. The third-order valence-corrected chi connectivity index (χ3v) is 5.42. The Hall–Kier alpha value is -2.42. The van der Waals surface area contributed by atoms with Crippen molar-refractivity contribution in [1.29, 1.82) is 0 Å². The Labute approximate surface area is 169 Å². The van der Waals surface area contributed by atoms with Gasteiger partial charge in [-0.3, -0.25) is 9.59 Å². The predicted molar refractivity (Wildman–Crippen MR) is 107 cm³/mol. The normalized spacial score (nSPS) is 13.4. The summed E-state index contributed by atoms with van der Waals surface area (Å²) in [5.74, 6) is -0.0842. The second-order valence-corrected chi connectivity index (χ2v) is 7.97. The first-order valence-corrected chi connectivity index (χ1v) is 10.6. The van der Waals surface area contributed by atoms with E-state index in [0.29, 0.717) is 11.2 Å². The van der Waals surface area contributed by atoms with Crippen LogP contribution in [-0.2, 0) is 16.0 Å². The highest BCUT2D eigenvalue weighted by atomic mass is 32.2. The maximum absolute atomic E-state index is 12.3. The van der Waals surface area contributed by atoms with Crippen molar-refractivity contribution in [2.75, 3.05) is 19.3 Å². The summed E-state index contributed by atoms with van der Waals surface area (Å²) < 4.78 is 1.63. The first kappa shape index (κ1) is 20.3. The molecule has 3 rings (SSSR count). The van der Waals surface area contributed by atoms with Crippen LogP contribution in [0.4, 0.5) is 0 Å². The molecule has 0 aliphatic heterocycles. The van der Waals surface area contributed by atoms with Gasteiger partial charge in [-0.05, 0) is 53.8 Å². The van der Waals surface area contributed by atoms with Crippen molar-refractivity contribution in [2.24, 2.45) is 0 Å². The van der Waals surface area contributed by atoms with Crippen molar-refractivity contribution in [3.8, 4) is 5.69 Å². The van der Waals surface area contributed by atoms with Gasteiger partial charge in [-0.15, -0.1) is 5.10 Å². The lowest BCUT2D eigenvalue weighted by atomic mass is 10.1. The average molecular weight is 403 g/mol. The third kappa shape index (κ3) is 5.79. The molecule has 2 aromatic rings. The molecule has 1 aromatic heterocycles. The van der Waals surface area contributed by atoms with E-state index >= 15 is 0 Å². The van der Waals surface area contributed by atoms with Crippen molar-refractivity contribution in [2.45, 2.75) is 50.2 Å². The lowest BCUT2D eigenvalue weighted by Gasteiger charge is -2.16. The number of benzene rings is 1. The Kier molecular flexibility index (Phi) is 7.02. The maximum atomic E-state index is 12.3. The summed E-state index contributed by atoms with van der Waals surface area (Å²) in [7, 11) is 1.63. The second kappa shape index (κ2) is 9.68. The van der Waals surface area contributed by atoms with Gasteiger partial charge in [0.1, 0.15) is 0 Å². The molecule has 1 heterocycles. The molecule has 0 saturated heterocycles. The molecule has 0 atom stereocenters. The molecule has 1 aliphatic rings. The summed E-state index contributed by atoms with van der Waals surface area (Å²) in [6.45, 7) is 2.25. The number of aryl methyl sites for hydroxylation is 1. The number of tetrazole rings is 1. The zero-order valence-corrected chi connectivity index (χ0v) is 17.1. The van der Waals surface area contributed by atoms with Crippen LogP contribution >= 0.6 is 11.8 Å². The van der Waals surface area contributed by atoms with Crippen molar-refractivity contribution >= 4 is 23.6 Å². The Balaban J connectivity index is 1.53. The summed E-state index contributed by atoms with van der Waals surface area (Å²) >= 11 is 1.26. The number of carbonyl (C=O) groups excluding carboxylic acids is 2. The minimum absolute atomic E-state index is 0.0695. The van der Waals surface area contributed by atoms with Crippen LogP contribution in [0.3, 0.4) is 0 Å². The standard InChI is InChI=1S/C19H26N6O2S/c1-3-4-5-14-6-10-16(11-7-14)25-19(21-22-23-25)28-13-18(27)24(2)12-17(26)20-15-8-9-15/h6-7,10-11,15H,3-5,8-9,12-13H2,1-2H3,(H,20,26). The lowest BCUT2D eigenvalue weighted by Crippen LogP contribution is -2.39. The molecule has 1 fully saturated rings. The van der Waals surface area contributed by atoms with E-state index in [4.69, 9.17) is 0 Å². The number of hydrogen-bond donors (Lipinski definition) is 1. The van der Waals surface area contributed by atoms with Gasteiger partial charge in [0.15, 0.2) is 0 Å². The molecule has 1 saturated carbocycles. The first-order chi connectivity index (χ1) is 13.6. The molecule has 1 aromatic carbocycles. The molecule has 1 N–H and O–H groups in total. The van der Waals surface area contributed by atoms with E-state index in [2.05, 4.69) is 39.9 Å². The minimum Gasteiger partial charge on any atom is -0.352 e. The average Bonchev–Trinajstić information content (AvgIpc) is 3.38. The fourth-order valence-electron chi connectivity index (χ4n) is 2.66. The van der Waals surface area contributed by atoms with Gasteiger partial charge in [0.2, 0.25) is 17.0 Å². The summed E-state index contributed by atoms with van der Waals surface area (Å²) in [4.78, 5) is 25.6. The van der Waals surface area contributed by atoms with Gasteiger partial charge in [-0.1, -0.05) is 37.2 Å². The lowest BCUT2D eigenvalue weighted by molar-refractivity contribution is -0.132. The van der Waals surface area contributed by atoms with E-state index < -0.39 is 0 Å². The van der Waals surface area contributed by atoms with Gasteiger partial charge in [0, 0.05) is 13.1 Å². The summed E-state index contributed by atoms with van der Waals surface area (Å²) in [6.07, 6.45) is 5.45. The fourth-order valence-corrected chi connectivity index (χ4v) is 3.49. The number of aromatic nitrogens is 4. The number of nitrogens with one attached hydrogen (secondary N) is 1. The number of rotatable bonds is 10. The number of unbranched alkanes of at least 4 members (excludes halogenated alkanes) is 1. The Morgan fingerprint density at radius 3 is 2.71 bits per heavy atom. The molecule has 9 heteroatoms. The molecule has 0 unspecified atom stereocenters. The quantitative estimate of drug-likeness (QED) is 0.610. The summed E-state index contributed by atoms with van der Waals surface area (Å²) in [5.41, 5.74) is 2.14. The van der Waals surface area contributed by atoms with Crippen molar-refractivity contribution in [3.05, 3.63) is 29.8 Å². The van der Waals surface area contributed by atoms with E-state index in [1.165, 1.54) is 35.1 Å². The van der Waals surface area contributed by atoms with Crippen LogP contribution in [-0.4, -0.2) is 62.3 Å². The van der Waals surface area contributed by atoms with E-state index in [9.17, 15) is 9.59 Å². The van der Waals surface area contributed by atoms with Gasteiger partial charge in [0.25, 0.3) is 0 Å². The Bertz CT molecular complexity index is 803. The molecule has 0 radical (unpaired) electrons. The molecular formula is C19H26N6O2S. The second-order valence-electron chi connectivity index (χ2n) is 7.02. The van der Waals surface area contributed by atoms with Crippen LogP contribution in [0.1, 0.15) is 38.2 Å². The highest BCUT2D eigenvalue weighted by Crippen LogP contribution is 2.20. The van der Waals surface area contributed by atoms with Crippen LogP contribution < -0.4 is 5.32 Å². The minimum atomic E-state index is -0.139. The summed E-state index contributed by atoms with van der Waals surface area (Å²) in [5, 5.41) is 15.2. The molecule has 28 heavy (non-hydrogen) atoms. The highest BCUT2D eigenvalue weighted by Gasteiger charge is 2.24. The SMILES string of the molecule is CCCCc1ccc(-n2nnnc2SCC(=O)N(C)CC(=O)NC2CC2)cc1. The van der Waals surface area contributed by atoms with Crippen molar-refractivity contribution in [3.63, 3.8) is 0 Å². The maximum Gasteiger partial charge on any atom is 0.239 e. The number of carbonyl (C=O) groups is 2. The Morgan fingerprint density at radius 2 is 2.04 bits per heavy atom. The monoisotopic (exact) mass is 402 g/mol. The summed E-state index contributed by atoms with van der Waals surface area (Å²) in [6, 6.07) is 8.43. The highest BCUT2D eigenvalue weighted by molar-refractivity contribution is 7.99. The van der Waals surface area contributed by atoms with Gasteiger partial charge < -0.3 is 10.2 Å². The smallest absolute Gasteiger partial charge is 0.239 e. The molecule has 0 spiro atoms. The number of likely N-dealkylation sites (N-methyl/N-ethyl adjacent to an activating group) is 1. The molecule has 150 valence electrons. The number of hydrogen-bond acceptors (Lipinski definition) is 6. The van der Waals surface area contributed by atoms with Crippen LogP contribution in [0, 0.1) is 0 Å². The molecule has 1 aliphatic carbocycles. The van der Waals surface area contributed by atoms with Crippen LogP contribution in [0.2, 0.25) is 0 Å². The predicted octanol–water partition coefficient (Wildman–Crippen LogP) is 1.83. The van der Waals surface area contributed by atoms with E-state index in [0.717, 1.165) is 24.9 Å². The number of nitrogens with zero attached hydrogens (tertiary/aromatic N) is 5. The molecule has 8 nitrogen and oxygen atoms in total. The van der Waals surface area contributed by atoms with E-state index in [-0.39, 0.29) is 24.1 Å². The third-order valence-electron chi connectivity index (χ3n) is 4.51. The largest absolute Gasteiger partial charge is 0.352 e. The van der Waals surface area contributed by atoms with E-state index in [1.807, 2.05) is 12.1 Å². The molecule has 0 bridgehead atoms. The van der Waals surface area contributed by atoms with Crippen LogP contribution in [0.15, 0.2) is 29.4 Å². The topological polar surface area (TPSA) is 93.0 Å². The van der Waals surface area contributed by atoms with Crippen LogP contribution in [0.25, 0.3) is 5.69 Å². The van der Waals surface area contributed by atoms with Gasteiger partial charge >= 0.3 is 0 Å². The first-order valence-electron chi connectivity index (χ1n) is 9.60. The van der Waals surface area contributed by atoms with Gasteiger partial charge in [-0.2, -0.15) is 4.68 Å². The van der Waals surface area contributed by atoms with Crippen molar-refractivity contribution < 1.29 is 9.59 Å². The van der Waals surface area contributed by atoms with E-state index in [1.54, 1.807) is 11.7 Å². The van der Waals surface area contributed by atoms with Crippen molar-refractivity contribution in [1.82, 2.24) is 30.4 Å². The Morgan fingerprint density at radius 1 is 1.29 bits per heavy atom. The van der Waals surface area contributed by atoms with Gasteiger partial charge in [0.05, 0.1) is 18.0 Å². The number of amides is 2. The fraction of sp³-hybridized carbons (Fsp3) is 0.526. The van der Waals surface area contributed by atoms with Gasteiger partial charge in [-0.25, -0.2) is 0 Å². The molecule has 2 amide bonds. The number of thioether (sulfide) groups is 1. The zero-order valence-electron chi connectivity index (χ0n) is 16.3. The molecular weight excluding hydrogens is 376 g/mol. The van der Waals surface area contributed by atoms with Crippen LogP contribution in [0.5, 0.6) is 0 Å².